The number of carboxylic acid groups (broad SMARTS) is 1. The Labute approximate surface area is 153 Å². The van der Waals surface area contributed by atoms with Crippen molar-refractivity contribution in [2.24, 2.45) is 0 Å². The van der Waals surface area contributed by atoms with Crippen molar-refractivity contribution in [1.29, 1.82) is 0 Å². The van der Waals surface area contributed by atoms with E-state index in [-0.39, 0.29) is 0 Å². The van der Waals surface area contributed by atoms with E-state index < -0.39 is 5.97 Å². The lowest BCUT2D eigenvalue weighted by molar-refractivity contribution is -0.131. The lowest BCUT2D eigenvalue weighted by Crippen LogP contribution is -2.10. The standard InChI is InChI=1S/C23H19NO2/c1-2-18-17-22(15-13-19(18)14-16-23(25)26)24(20-9-5-3-6-10-20)21-11-7-4-8-12-21/h2-17H,1H2,(H,25,26)/b16-14+. The topological polar surface area (TPSA) is 40.5 Å². The second-order valence-electron chi connectivity index (χ2n) is 5.70. The molecule has 0 bridgehead atoms. The Morgan fingerprint density at radius 1 is 0.808 bits per heavy atom. The minimum atomic E-state index is -0.973. The lowest BCUT2D eigenvalue weighted by Gasteiger charge is -2.26. The molecule has 26 heavy (non-hydrogen) atoms. The van der Waals surface area contributed by atoms with Gasteiger partial charge in [-0.1, -0.05) is 55.1 Å². The number of carbonyl (C=O) groups is 1. The molecule has 0 unspecified atom stereocenters. The zero-order valence-corrected chi connectivity index (χ0v) is 14.2. The van der Waals surface area contributed by atoms with Crippen LogP contribution in [0.4, 0.5) is 17.1 Å². The first-order chi connectivity index (χ1) is 12.7. The molecule has 0 spiro atoms. The Morgan fingerprint density at radius 3 is 1.88 bits per heavy atom. The maximum atomic E-state index is 10.8. The molecule has 3 nitrogen and oxygen atoms in total. The average molecular weight is 341 g/mol. The van der Waals surface area contributed by atoms with Crippen molar-refractivity contribution < 1.29 is 9.90 Å². The van der Waals surface area contributed by atoms with Gasteiger partial charge in [-0.3, -0.25) is 0 Å². The highest BCUT2D eigenvalue weighted by Crippen LogP contribution is 2.35. The summed E-state index contributed by atoms with van der Waals surface area (Å²) in [6.07, 6.45) is 4.45. The van der Waals surface area contributed by atoms with Crippen molar-refractivity contribution in [3.05, 3.63) is 103 Å². The summed E-state index contributed by atoms with van der Waals surface area (Å²) >= 11 is 0. The number of rotatable bonds is 6. The molecule has 0 aliphatic carbocycles. The fourth-order valence-electron chi connectivity index (χ4n) is 2.79. The van der Waals surface area contributed by atoms with Gasteiger partial charge in [-0.2, -0.15) is 0 Å². The third-order valence-corrected chi connectivity index (χ3v) is 3.98. The molecule has 0 fully saturated rings. The molecule has 0 atom stereocenters. The molecule has 3 aromatic rings. The van der Waals surface area contributed by atoms with Gasteiger partial charge in [0.05, 0.1) is 0 Å². The number of benzene rings is 3. The van der Waals surface area contributed by atoms with Gasteiger partial charge in [0, 0.05) is 23.1 Å². The first-order valence-corrected chi connectivity index (χ1v) is 8.27. The maximum Gasteiger partial charge on any atom is 0.328 e. The summed E-state index contributed by atoms with van der Waals surface area (Å²) in [5, 5.41) is 8.86. The van der Waals surface area contributed by atoms with E-state index in [1.807, 2.05) is 54.6 Å². The number of carboxylic acids is 1. The monoisotopic (exact) mass is 341 g/mol. The van der Waals surface area contributed by atoms with Crippen LogP contribution in [0.25, 0.3) is 12.2 Å². The molecule has 1 N–H and O–H groups in total. The first kappa shape index (κ1) is 17.2. The highest BCUT2D eigenvalue weighted by molar-refractivity contribution is 5.87. The third-order valence-electron chi connectivity index (χ3n) is 3.98. The summed E-state index contributed by atoms with van der Waals surface area (Å²) in [6, 6.07) is 26.1. The van der Waals surface area contributed by atoms with Crippen LogP contribution in [-0.2, 0) is 4.79 Å². The second-order valence-corrected chi connectivity index (χ2v) is 5.70. The van der Waals surface area contributed by atoms with Gasteiger partial charge >= 0.3 is 5.97 Å². The van der Waals surface area contributed by atoms with Crippen LogP contribution >= 0.6 is 0 Å². The molecular formula is C23H19NO2. The van der Waals surface area contributed by atoms with Crippen molar-refractivity contribution in [2.45, 2.75) is 0 Å². The Kier molecular flexibility index (Phi) is 5.30. The fourth-order valence-corrected chi connectivity index (χ4v) is 2.79. The third kappa shape index (κ3) is 3.90. The summed E-state index contributed by atoms with van der Waals surface area (Å²) in [5.41, 5.74) is 4.75. The van der Waals surface area contributed by atoms with Crippen LogP contribution in [0.3, 0.4) is 0 Å². The smallest absolute Gasteiger partial charge is 0.328 e. The SMILES string of the molecule is C=Cc1cc(N(c2ccccc2)c2ccccc2)ccc1/C=C/C(=O)O. The molecule has 0 amide bonds. The van der Waals surface area contributed by atoms with E-state index in [1.54, 1.807) is 12.2 Å². The molecule has 3 rings (SSSR count). The van der Waals surface area contributed by atoms with Gasteiger partial charge < -0.3 is 10.0 Å². The van der Waals surface area contributed by atoms with E-state index in [0.29, 0.717) is 0 Å². The quantitative estimate of drug-likeness (QED) is 0.568. The predicted octanol–water partition coefficient (Wildman–Crippen LogP) is 5.90. The van der Waals surface area contributed by atoms with Crippen molar-refractivity contribution in [3.63, 3.8) is 0 Å². The molecule has 0 saturated heterocycles. The van der Waals surface area contributed by atoms with Crippen molar-refractivity contribution in [1.82, 2.24) is 0 Å². The van der Waals surface area contributed by atoms with E-state index in [4.69, 9.17) is 5.11 Å². The van der Waals surface area contributed by atoms with Crippen molar-refractivity contribution >= 4 is 35.2 Å². The summed E-state index contributed by atoms with van der Waals surface area (Å²) in [5.74, 6) is -0.973. The number of hydrogen-bond donors (Lipinski definition) is 1. The van der Waals surface area contributed by atoms with Crippen LogP contribution in [0.15, 0.2) is 91.5 Å². The zero-order valence-electron chi connectivity index (χ0n) is 14.2. The number of para-hydroxylation sites is 2. The summed E-state index contributed by atoms with van der Waals surface area (Å²) in [7, 11) is 0. The summed E-state index contributed by atoms with van der Waals surface area (Å²) in [4.78, 5) is 12.9. The molecule has 0 heterocycles. The maximum absolute atomic E-state index is 10.8. The molecule has 3 heteroatoms. The zero-order chi connectivity index (χ0) is 18.4. The van der Waals surface area contributed by atoms with Gasteiger partial charge in [-0.25, -0.2) is 4.79 Å². The molecule has 128 valence electrons. The normalized spacial score (nSPS) is 10.6. The van der Waals surface area contributed by atoms with Crippen LogP contribution in [0.2, 0.25) is 0 Å². The molecule has 0 saturated carbocycles. The van der Waals surface area contributed by atoms with Gasteiger partial charge in [0.25, 0.3) is 0 Å². The molecule has 0 aromatic heterocycles. The van der Waals surface area contributed by atoms with E-state index in [2.05, 4.69) is 35.7 Å². The van der Waals surface area contributed by atoms with Crippen LogP contribution in [0.1, 0.15) is 11.1 Å². The Balaban J connectivity index is 2.10. The van der Waals surface area contributed by atoms with Crippen LogP contribution in [0, 0.1) is 0 Å². The number of hydrogen-bond acceptors (Lipinski definition) is 2. The molecule has 0 aliphatic heterocycles. The van der Waals surface area contributed by atoms with Gasteiger partial charge in [0.1, 0.15) is 0 Å². The molecular weight excluding hydrogens is 322 g/mol. The van der Waals surface area contributed by atoms with Crippen LogP contribution < -0.4 is 4.90 Å². The molecule has 0 aliphatic rings. The van der Waals surface area contributed by atoms with Gasteiger partial charge in [-0.05, 0) is 53.6 Å². The highest BCUT2D eigenvalue weighted by atomic mass is 16.4. The number of aliphatic carboxylic acids is 1. The Morgan fingerprint density at radius 2 is 1.38 bits per heavy atom. The highest BCUT2D eigenvalue weighted by Gasteiger charge is 2.12. The Hall–Kier alpha value is -3.59. The van der Waals surface area contributed by atoms with Crippen LogP contribution in [0.5, 0.6) is 0 Å². The minimum absolute atomic E-state index is 0.812. The van der Waals surface area contributed by atoms with Crippen molar-refractivity contribution in [3.8, 4) is 0 Å². The minimum Gasteiger partial charge on any atom is -0.478 e. The molecule has 0 radical (unpaired) electrons. The summed E-state index contributed by atoms with van der Waals surface area (Å²) < 4.78 is 0. The van der Waals surface area contributed by atoms with Crippen LogP contribution in [-0.4, -0.2) is 11.1 Å². The van der Waals surface area contributed by atoms with Gasteiger partial charge in [0.15, 0.2) is 0 Å². The molecule has 3 aromatic carbocycles. The predicted molar refractivity (Wildman–Crippen MR) is 108 cm³/mol. The lowest BCUT2D eigenvalue weighted by atomic mass is 10.0. The van der Waals surface area contributed by atoms with Gasteiger partial charge in [-0.15, -0.1) is 0 Å². The second kappa shape index (κ2) is 7.99. The first-order valence-electron chi connectivity index (χ1n) is 8.27. The van der Waals surface area contributed by atoms with Crippen molar-refractivity contribution in [2.75, 3.05) is 4.90 Å². The van der Waals surface area contributed by atoms with Gasteiger partial charge in [0.2, 0.25) is 0 Å². The summed E-state index contributed by atoms with van der Waals surface area (Å²) in [6.45, 7) is 3.86. The fraction of sp³-hybridized carbons (Fsp3) is 0. The number of nitrogens with zero attached hydrogens (tertiary/aromatic N) is 1. The average Bonchev–Trinajstić information content (AvgIpc) is 2.68. The Bertz CT molecular complexity index is 891. The van der Waals surface area contributed by atoms with E-state index >= 15 is 0 Å². The van der Waals surface area contributed by atoms with E-state index in [0.717, 1.165) is 34.3 Å². The number of anilines is 3. The van der Waals surface area contributed by atoms with E-state index in [9.17, 15) is 4.79 Å². The van der Waals surface area contributed by atoms with E-state index in [1.165, 1.54) is 0 Å². The largest absolute Gasteiger partial charge is 0.478 e.